The van der Waals surface area contributed by atoms with Crippen molar-refractivity contribution in [1.29, 1.82) is 0 Å². The van der Waals surface area contributed by atoms with Crippen LogP contribution in [-0.4, -0.2) is 62.0 Å². The molecule has 0 N–H and O–H groups in total. The van der Waals surface area contributed by atoms with Crippen LogP contribution in [0.1, 0.15) is 30.4 Å². The van der Waals surface area contributed by atoms with Gasteiger partial charge in [0.05, 0.1) is 20.1 Å². The monoisotopic (exact) mass is 450 g/mol. The van der Waals surface area contributed by atoms with E-state index in [0.717, 1.165) is 44.3 Å². The number of rotatable bonds is 8. The Morgan fingerprint density at radius 3 is 2.39 bits per heavy atom. The molecule has 0 aliphatic carbocycles. The lowest BCUT2D eigenvalue weighted by molar-refractivity contribution is -0.137. The lowest BCUT2D eigenvalue weighted by Gasteiger charge is -2.33. The van der Waals surface area contributed by atoms with Crippen molar-refractivity contribution in [3.05, 3.63) is 59.7 Å². The number of piperidine rings is 1. The number of hydrogen-bond acceptors (Lipinski definition) is 4. The maximum atomic E-state index is 13.1. The van der Waals surface area contributed by atoms with E-state index in [9.17, 15) is 9.59 Å². The van der Waals surface area contributed by atoms with Crippen LogP contribution in [0, 0.1) is 11.8 Å². The molecule has 0 bridgehead atoms. The van der Waals surface area contributed by atoms with Crippen molar-refractivity contribution in [2.45, 2.75) is 32.1 Å². The predicted molar refractivity (Wildman–Crippen MR) is 127 cm³/mol. The van der Waals surface area contributed by atoms with E-state index in [1.54, 1.807) is 14.2 Å². The summed E-state index contributed by atoms with van der Waals surface area (Å²) in [6.07, 6.45) is 4.19. The predicted octanol–water partition coefficient (Wildman–Crippen LogP) is 3.58. The van der Waals surface area contributed by atoms with Gasteiger partial charge in [0, 0.05) is 32.6 Å². The fourth-order valence-electron chi connectivity index (χ4n) is 5.02. The number of hydrogen-bond donors (Lipinski definition) is 0. The van der Waals surface area contributed by atoms with Crippen LogP contribution in [0.4, 0.5) is 0 Å². The van der Waals surface area contributed by atoms with Gasteiger partial charge < -0.3 is 19.3 Å². The summed E-state index contributed by atoms with van der Waals surface area (Å²) >= 11 is 0. The topological polar surface area (TPSA) is 59.1 Å². The first-order valence-corrected chi connectivity index (χ1v) is 11.9. The normalized spacial score (nSPS) is 19.1. The SMILES string of the molecule is COc1ccc(CCN2C[C@H](C(=O)N3CCC(Cc4ccccc4)CC3)CC2=O)cc1OC. The van der Waals surface area contributed by atoms with Gasteiger partial charge in [0.15, 0.2) is 11.5 Å². The van der Waals surface area contributed by atoms with E-state index < -0.39 is 0 Å². The molecule has 2 aromatic carbocycles. The second-order valence-electron chi connectivity index (χ2n) is 9.14. The summed E-state index contributed by atoms with van der Waals surface area (Å²) in [6.45, 7) is 2.73. The lowest BCUT2D eigenvalue weighted by atomic mass is 9.89. The van der Waals surface area contributed by atoms with Crippen molar-refractivity contribution in [2.75, 3.05) is 40.4 Å². The first-order valence-electron chi connectivity index (χ1n) is 11.9. The van der Waals surface area contributed by atoms with E-state index in [4.69, 9.17) is 9.47 Å². The van der Waals surface area contributed by atoms with Crippen molar-refractivity contribution in [2.24, 2.45) is 11.8 Å². The third kappa shape index (κ3) is 5.67. The van der Waals surface area contributed by atoms with E-state index in [0.29, 0.717) is 36.9 Å². The molecule has 2 saturated heterocycles. The largest absolute Gasteiger partial charge is 0.493 e. The van der Waals surface area contributed by atoms with Gasteiger partial charge in [-0.05, 0) is 54.9 Å². The third-order valence-corrected chi connectivity index (χ3v) is 6.98. The minimum Gasteiger partial charge on any atom is -0.493 e. The van der Waals surface area contributed by atoms with Crippen LogP contribution in [0.3, 0.4) is 0 Å². The zero-order valence-corrected chi connectivity index (χ0v) is 19.7. The molecular formula is C27H34N2O4. The van der Waals surface area contributed by atoms with Gasteiger partial charge in [-0.15, -0.1) is 0 Å². The van der Waals surface area contributed by atoms with Crippen molar-refractivity contribution >= 4 is 11.8 Å². The van der Waals surface area contributed by atoms with Gasteiger partial charge >= 0.3 is 0 Å². The Labute approximate surface area is 196 Å². The second kappa shape index (κ2) is 10.7. The highest BCUT2D eigenvalue weighted by Crippen LogP contribution is 2.29. The van der Waals surface area contributed by atoms with Gasteiger partial charge in [-0.2, -0.15) is 0 Å². The molecule has 2 fully saturated rings. The summed E-state index contributed by atoms with van der Waals surface area (Å²) in [5.74, 6) is 2.01. The molecule has 1 atom stereocenters. The molecule has 2 aliphatic rings. The zero-order chi connectivity index (χ0) is 23.2. The average Bonchev–Trinajstić information content (AvgIpc) is 3.23. The first-order chi connectivity index (χ1) is 16.1. The lowest BCUT2D eigenvalue weighted by Crippen LogP contribution is -2.42. The van der Waals surface area contributed by atoms with Gasteiger partial charge in [0.25, 0.3) is 0 Å². The summed E-state index contributed by atoms with van der Waals surface area (Å²) in [5.41, 5.74) is 2.45. The van der Waals surface area contributed by atoms with Crippen LogP contribution >= 0.6 is 0 Å². The Bertz CT molecular complexity index is 954. The van der Waals surface area contributed by atoms with Gasteiger partial charge in [-0.25, -0.2) is 0 Å². The Balaban J connectivity index is 1.25. The molecule has 0 saturated carbocycles. The summed E-state index contributed by atoms with van der Waals surface area (Å²) in [5, 5.41) is 0. The molecule has 2 aromatic rings. The van der Waals surface area contributed by atoms with Crippen molar-refractivity contribution in [1.82, 2.24) is 9.80 Å². The van der Waals surface area contributed by atoms with E-state index in [2.05, 4.69) is 24.3 Å². The fraction of sp³-hybridized carbons (Fsp3) is 0.481. The van der Waals surface area contributed by atoms with Crippen LogP contribution in [0.2, 0.25) is 0 Å². The fourth-order valence-corrected chi connectivity index (χ4v) is 5.02. The maximum absolute atomic E-state index is 13.1. The van der Waals surface area contributed by atoms with Crippen LogP contribution in [-0.2, 0) is 22.4 Å². The Hall–Kier alpha value is -3.02. The number of methoxy groups -OCH3 is 2. The Morgan fingerprint density at radius 1 is 0.970 bits per heavy atom. The van der Waals surface area contributed by atoms with E-state index in [1.165, 1.54) is 5.56 Å². The molecule has 33 heavy (non-hydrogen) atoms. The quantitative estimate of drug-likeness (QED) is 0.617. The third-order valence-electron chi connectivity index (χ3n) is 6.98. The molecule has 0 radical (unpaired) electrons. The molecule has 0 unspecified atom stereocenters. The van der Waals surface area contributed by atoms with Crippen molar-refractivity contribution < 1.29 is 19.1 Å². The number of nitrogens with zero attached hydrogens (tertiary/aromatic N) is 2. The molecule has 2 amide bonds. The number of amides is 2. The molecule has 176 valence electrons. The van der Waals surface area contributed by atoms with Gasteiger partial charge in [-0.1, -0.05) is 36.4 Å². The van der Waals surface area contributed by atoms with E-state index in [-0.39, 0.29) is 17.7 Å². The summed E-state index contributed by atoms with van der Waals surface area (Å²) in [4.78, 5) is 29.5. The molecule has 6 heteroatoms. The molecule has 0 spiro atoms. The summed E-state index contributed by atoms with van der Waals surface area (Å²) in [7, 11) is 3.23. The molecule has 0 aromatic heterocycles. The zero-order valence-electron chi connectivity index (χ0n) is 19.7. The van der Waals surface area contributed by atoms with Crippen LogP contribution < -0.4 is 9.47 Å². The van der Waals surface area contributed by atoms with E-state index in [1.807, 2.05) is 34.1 Å². The Morgan fingerprint density at radius 2 is 1.70 bits per heavy atom. The van der Waals surface area contributed by atoms with Crippen LogP contribution in [0.25, 0.3) is 0 Å². The highest BCUT2D eigenvalue weighted by molar-refractivity contribution is 5.89. The van der Waals surface area contributed by atoms with Crippen molar-refractivity contribution in [3.8, 4) is 11.5 Å². The second-order valence-corrected chi connectivity index (χ2v) is 9.14. The highest BCUT2D eigenvalue weighted by Gasteiger charge is 2.37. The van der Waals surface area contributed by atoms with Crippen LogP contribution in [0.15, 0.2) is 48.5 Å². The van der Waals surface area contributed by atoms with Crippen molar-refractivity contribution in [3.63, 3.8) is 0 Å². The molecule has 4 rings (SSSR count). The van der Waals surface area contributed by atoms with E-state index >= 15 is 0 Å². The van der Waals surface area contributed by atoms with Gasteiger partial charge in [-0.3, -0.25) is 9.59 Å². The number of benzene rings is 2. The van der Waals surface area contributed by atoms with Gasteiger partial charge in [0.1, 0.15) is 0 Å². The Kier molecular flexibility index (Phi) is 7.53. The minimum atomic E-state index is -0.214. The number of ether oxygens (including phenoxy) is 2. The number of likely N-dealkylation sites (tertiary alicyclic amines) is 2. The smallest absolute Gasteiger partial charge is 0.227 e. The average molecular weight is 451 g/mol. The summed E-state index contributed by atoms with van der Waals surface area (Å²) in [6, 6.07) is 16.4. The molecule has 2 heterocycles. The standard InChI is InChI=1S/C27H34N2O4/c1-32-24-9-8-21(17-25(24)33-2)12-15-29-19-23(18-26(29)30)27(31)28-13-10-22(11-14-28)16-20-6-4-3-5-7-20/h3-9,17,22-23H,10-16,18-19H2,1-2H3/t23-/m1/s1. The minimum absolute atomic E-state index is 0.0767. The first kappa shape index (κ1) is 23.1. The highest BCUT2D eigenvalue weighted by atomic mass is 16.5. The summed E-state index contributed by atoms with van der Waals surface area (Å²) < 4.78 is 10.7. The number of carbonyl (C=O) groups is 2. The van der Waals surface area contributed by atoms with Crippen LogP contribution in [0.5, 0.6) is 11.5 Å². The molecular weight excluding hydrogens is 416 g/mol. The van der Waals surface area contributed by atoms with Gasteiger partial charge in [0.2, 0.25) is 11.8 Å². The molecule has 6 nitrogen and oxygen atoms in total. The maximum Gasteiger partial charge on any atom is 0.227 e. The molecule has 2 aliphatic heterocycles. The number of carbonyl (C=O) groups excluding carboxylic acids is 2.